The van der Waals surface area contributed by atoms with Crippen molar-refractivity contribution in [2.45, 2.75) is 56.8 Å². The highest BCUT2D eigenvalue weighted by atomic mass is 32.2. The first-order chi connectivity index (χ1) is 13.0. The third kappa shape index (κ3) is 5.42. The second-order valence-electron chi connectivity index (χ2n) is 7.78. The van der Waals surface area contributed by atoms with Crippen LogP contribution in [0.2, 0.25) is 0 Å². The number of benzene rings is 1. The summed E-state index contributed by atoms with van der Waals surface area (Å²) in [5.41, 5.74) is 1.90. The van der Waals surface area contributed by atoms with E-state index in [-0.39, 0.29) is 10.8 Å². The molecule has 1 aromatic rings. The molecule has 148 valence electrons. The monoisotopic (exact) mass is 390 g/mol. The van der Waals surface area contributed by atoms with E-state index in [1.807, 2.05) is 4.90 Å². The molecule has 1 unspecified atom stereocenters. The summed E-state index contributed by atoms with van der Waals surface area (Å²) in [6, 6.07) is 6.31. The lowest BCUT2D eigenvalue weighted by atomic mass is 9.97. The molecule has 0 saturated carbocycles. The Labute approximate surface area is 162 Å². The fourth-order valence-electron chi connectivity index (χ4n) is 3.89. The van der Waals surface area contributed by atoms with E-state index in [2.05, 4.69) is 17.7 Å². The first-order valence-electron chi connectivity index (χ1n) is 10.0. The second-order valence-corrected chi connectivity index (χ2v) is 9.55. The number of nitrogens with zero attached hydrogens (tertiary/aromatic N) is 1. The first-order valence-corrected chi connectivity index (χ1v) is 11.5. The molecule has 5 nitrogen and oxygen atoms in total. The van der Waals surface area contributed by atoms with E-state index < -0.39 is 10.0 Å². The number of likely N-dealkylation sites (tertiary alicyclic amines) is 1. The van der Waals surface area contributed by atoms with Crippen LogP contribution in [0, 0.1) is 5.92 Å². The number of carbonyl (C=O) groups is 1. The van der Waals surface area contributed by atoms with Gasteiger partial charge in [-0.05, 0) is 75.1 Å². The fourth-order valence-corrected chi connectivity index (χ4v) is 4.93. The summed E-state index contributed by atoms with van der Waals surface area (Å²) < 4.78 is 27.6. The molecule has 1 heterocycles. The Morgan fingerprint density at radius 1 is 1.19 bits per heavy atom. The molecule has 0 radical (unpaired) electrons. The van der Waals surface area contributed by atoms with E-state index >= 15 is 0 Å². The molecule has 27 heavy (non-hydrogen) atoms. The highest BCUT2D eigenvalue weighted by Crippen LogP contribution is 2.21. The summed E-state index contributed by atoms with van der Waals surface area (Å²) in [6.45, 7) is 4.13. The van der Waals surface area contributed by atoms with E-state index in [1.54, 1.807) is 12.1 Å². The van der Waals surface area contributed by atoms with Gasteiger partial charge in [0.25, 0.3) is 5.91 Å². The molecule has 0 spiro atoms. The molecular formula is C21H30N2O3S. The number of rotatable bonds is 6. The average Bonchev–Trinajstić information content (AvgIpc) is 2.68. The lowest BCUT2D eigenvalue weighted by Crippen LogP contribution is -2.39. The van der Waals surface area contributed by atoms with Crippen molar-refractivity contribution in [2.24, 2.45) is 5.92 Å². The van der Waals surface area contributed by atoms with Crippen LogP contribution in [0.1, 0.15) is 62.2 Å². The molecule has 1 fully saturated rings. The molecule has 1 amide bonds. The van der Waals surface area contributed by atoms with Gasteiger partial charge in [-0.3, -0.25) is 4.79 Å². The Kier molecular flexibility index (Phi) is 6.71. The standard InChI is InChI=1S/C21H30N2O3S/c1-17-6-5-15-23(16-17)21(24)19-9-11-20(12-10-19)27(25,26)22-14-13-18-7-3-2-4-8-18/h7,9-12,17,22H,2-6,8,13-16H2,1H3. The number of amides is 1. The van der Waals surface area contributed by atoms with Crippen LogP contribution in [0.25, 0.3) is 0 Å². The molecule has 3 rings (SSSR count). The summed E-state index contributed by atoms with van der Waals surface area (Å²) in [5, 5.41) is 0. The predicted octanol–water partition coefficient (Wildman–Crippen LogP) is 3.73. The number of sulfonamides is 1. The number of nitrogens with one attached hydrogen (secondary N) is 1. The largest absolute Gasteiger partial charge is 0.338 e. The van der Waals surface area contributed by atoms with Crippen LogP contribution >= 0.6 is 0 Å². The van der Waals surface area contributed by atoms with Gasteiger partial charge in [0.2, 0.25) is 10.0 Å². The predicted molar refractivity (Wildman–Crippen MR) is 107 cm³/mol. The summed E-state index contributed by atoms with van der Waals surface area (Å²) in [5.74, 6) is 0.508. The van der Waals surface area contributed by atoms with Gasteiger partial charge in [0.1, 0.15) is 0 Å². The minimum absolute atomic E-state index is 0.0114. The number of allylic oxidation sites excluding steroid dienone is 1. The third-order valence-corrected chi connectivity index (χ3v) is 6.96. The topological polar surface area (TPSA) is 66.5 Å². The number of piperidine rings is 1. The molecule has 0 aromatic heterocycles. The minimum atomic E-state index is -3.54. The Bertz CT molecular complexity index is 784. The fraction of sp³-hybridized carbons (Fsp3) is 0.571. The first kappa shape index (κ1) is 20.1. The van der Waals surface area contributed by atoms with Crippen molar-refractivity contribution in [3.05, 3.63) is 41.5 Å². The molecule has 1 atom stereocenters. The average molecular weight is 391 g/mol. The molecule has 1 N–H and O–H groups in total. The zero-order chi connectivity index (χ0) is 19.3. The van der Waals surface area contributed by atoms with Crippen molar-refractivity contribution >= 4 is 15.9 Å². The number of carbonyl (C=O) groups excluding carboxylic acids is 1. The SMILES string of the molecule is CC1CCCN(C(=O)c2ccc(S(=O)(=O)NCCC3=CCCCC3)cc2)C1. The van der Waals surface area contributed by atoms with E-state index in [0.29, 0.717) is 18.0 Å². The summed E-state index contributed by atoms with van der Waals surface area (Å²) in [4.78, 5) is 14.7. The molecule has 1 aromatic carbocycles. The number of hydrogen-bond donors (Lipinski definition) is 1. The summed E-state index contributed by atoms with van der Waals surface area (Å²) in [6.07, 6.45) is 9.80. The zero-order valence-electron chi connectivity index (χ0n) is 16.1. The van der Waals surface area contributed by atoms with Gasteiger partial charge < -0.3 is 4.90 Å². The van der Waals surface area contributed by atoms with Crippen molar-refractivity contribution in [1.29, 1.82) is 0 Å². The lowest BCUT2D eigenvalue weighted by Gasteiger charge is -2.31. The maximum atomic E-state index is 12.6. The van der Waals surface area contributed by atoms with Gasteiger partial charge in [-0.25, -0.2) is 13.1 Å². The van der Waals surface area contributed by atoms with Crippen LogP contribution in [0.3, 0.4) is 0 Å². The molecule has 2 aliphatic rings. The Morgan fingerprint density at radius 2 is 1.96 bits per heavy atom. The van der Waals surface area contributed by atoms with Gasteiger partial charge in [0, 0.05) is 25.2 Å². The quantitative estimate of drug-likeness (QED) is 0.753. The third-order valence-electron chi connectivity index (χ3n) is 5.48. The lowest BCUT2D eigenvalue weighted by molar-refractivity contribution is 0.0683. The van der Waals surface area contributed by atoms with E-state index in [0.717, 1.165) is 45.2 Å². The maximum absolute atomic E-state index is 12.6. The van der Waals surface area contributed by atoms with Gasteiger partial charge in [-0.1, -0.05) is 18.6 Å². The number of hydrogen-bond acceptors (Lipinski definition) is 3. The van der Waals surface area contributed by atoms with Crippen LogP contribution in [-0.4, -0.2) is 38.9 Å². The van der Waals surface area contributed by atoms with Crippen LogP contribution in [-0.2, 0) is 10.0 Å². The summed E-state index contributed by atoms with van der Waals surface area (Å²) >= 11 is 0. The Morgan fingerprint density at radius 3 is 2.63 bits per heavy atom. The van der Waals surface area contributed by atoms with Crippen molar-refractivity contribution in [2.75, 3.05) is 19.6 Å². The van der Waals surface area contributed by atoms with Crippen LogP contribution in [0.15, 0.2) is 40.8 Å². The maximum Gasteiger partial charge on any atom is 0.253 e. The Hall–Kier alpha value is -1.66. The van der Waals surface area contributed by atoms with Crippen LogP contribution < -0.4 is 4.72 Å². The molecule has 6 heteroatoms. The molecule has 0 bridgehead atoms. The Balaban J connectivity index is 1.58. The second kappa shape index (κ2) is 9.02. The van der Waals surface area contributed by atoms with Crippen molar-refractivity contribution in [1.82, 2.24) is 9.62 Å². The van der Waals surface area contributed by atoms with Gasteiger partial charge >= 0.3 is 0 Å². The van der Waals surface area contributed by atoms with Crippen molar-refractivity contribution in [3.63, 3.8) is 0 Å². The molecule has 1 aliphatic heterocycles. The van der Waals surface area contributed by atoms with Gasteiger partial charge in [-0.2, -0.15) is 0 Å². The van der Waals surface area contributed by atoms with Crippen molar-refractivity contribution in [3.8, 4) is 0 Å². The minimum Gasteiger partial charge on any atom is -0.338 e. The van der Waals surface area contributed by atoms with Gasteiger partial charge in [-0.15, -0.1) is 0 Å². The highest BCUT2D eigenvalue weighted by molar-refractivity contribution is 7.89. The molecule has 1 saturated heterocycles. The van der Waals surface area contributed by atoms with Crippen molar-refractivity contribution < 1.29 is 13.2 Å². The highest BCUT2D eigenvalue weighted by Gasteiger charge is 2.22. The zero-order valence-corrected chi connectivity index (χ0v) is 16.9. The van der Waals surface area contributed by atoms with Crippen LogP contribution in [0.4, 0.5) is 0 Å². The van der Waals surface area contributed by atoms with Gasteiger partial charge in [0.15, 0.2) is 0 Å². The van der Waals surface area contributed by atoms with E-state index in [4.69, 9.17) is 0 Å². The summed E-state index contributed by atoms with van der Waals surface area (Å²) in [7, 11) is -3.54. The smallest absolute Gasteiger partial charge is 0.253 e. The molecular weight excluding hydrogens is 360 g/mol. The molecule has 1 aliphatic carbocycles. The van der Waals surface area contributed by atoms with Gasteiger partial charge in [0.05, 0.1) is 4.90 Å². The normalized spacial score (nSPS) is 21.0. The van der Waals surface area contributed by atoms with Crippen LogP contribution in [0.5, 0.6) is 0 Å². The van der Waals surface area contributed by atoms with E-state index in [9.17, 15) is 13.2 Å². The van der Waals surface area contributed by atoms with E-state index in [1.165, 1.54) is 30.5 Å².